The van der Waals surface area contributed by atoms with Crippen molar-refractivity contribution in [3.05, 3.63) is 59.7 Å². The summed E-state index contributed by atoms with van der Waals surface area (Å²) >= 11 is 0. The quantitative estimate of drug-likeness (QED) is 0.554. The number of hydrogen-bond donors (Lipinski definition) is 3. The molecule has 4 rings (SSSR count). The van der Waals surface area contributed by atoms with Gasteiger partial charge in [0.05, 0.1) is 6.10 Å². The number of rotatable bonds is 0. The third-order valence-corrected chi connectivity index (χ3v) is 4.52. The maximum atomic E-state index is 10.2. The molecular weight excluding hydrogens is 264 g/mol. The average molecular weight is 280 g/mol. The summed E-state index contributed by atoms with van der Waals surface area (Å²) in [7, 11) is 0. The van der Waals surface area contributed by atoms with Gasteiger partial charge in [-0.05, 0) is 32.7 Å². The standard InChI is InChI=1S/C18H16O3/c19-16-9-15-13-6-5-10-3-1-2-4-11(10)12(13)7-8-14(15)17(20)18(16)21/h1-8,16-21H,9H2/t16-,17-,18-/m0/s1. The van der Waals surface area contributed by atoms with Crippen molar-refractivity contribution in [2.45, 2.75) is 24.7 Å². The Morgan fingerprint density at radius 2 is 1.52 bits per heavy atom. The molecule has 0 saturated carbocycles. The Morgan fingerprint density at radius 3 is 2.38 bits per heavy atom. The lowest BCUT2D eigenvalue weighted by Gasteiger charge is -2.31. The maximum Gasteiger partial charge on any atom is 0.110 e. The molecule has 3 heteroatoms. The number of hydrogen-bond acceptors (Lipinski definition) is 3. The number of aliphatic hydroxyl groups is 3. The molecule has 3 N–H and O–H groups in total. The molecule has 0 bridgehead atoms. The maximum absolute atomic E-state index is 10.2. The molecule has 3 aromatic rings. The smallest absolute Gasteiger partial charge is 0.110 e. The summed E-state index contributed by atoms with van der Waals surface area (Å²) in [4.78, 5) is 0. The first-order valence-corrected chi connectivity index (χ1v) is 7.14. The van der Waals surface area contributed by atoms with E-state index in [0.717, 1.165) is 27.3 Å². The first-order chi connectivity index (χ1) is 10.2. The van der Waals surface area contributed by atoms with E-state index in [0.29, 0.717) is 6.42 Å². The van der Waals surface area contributed by atoms with Crippen molar-refractivity contribution >= 4 is 21.5 Å². The zero-order valence-corrected chi connectivity index (χ0v) is 11.4. The van der Waals surface area contributed by atoms with Gasteiger partial charge in [0, 0.05) is 6.42 Å². The van der Waals surface area contributed by atoms with Gasteiger partial charge in [-0.3, -0.25) is 0 Å². The summed E-state index contributed by atoms with van der Waals surface area (Å²) < 4.78 is 0. The highest BCUT2D eigenvalue weighted by Gasteiger charge is 2.34. The third-order valence-electron chi connectivity index (χ3n) is 4.52. The van der Waals surface area contributed by atoms with E-state index in [1.165, 1.54) is 5.39 Å². The van der Waals surface area contributed by atoms with Gasteiger partial charge in [0.2, 0.25) is 0 Å². The van der Waals surface area contributed by atoms with Crippen LogP contribution < -0.4 is 0 Å². The van der Waals surface area contributed by atoms with Crippen LogP contribution in [0.25, 0.3) is 21.5 Å². The predicted molar refractivity (Wildman–Crippen MR) is 82.1 cm³/mol. The van der Waals surface area contributed by atoms with E-state index in [1.807, 2.05) is 30.3 Å². The monoisotopic (exact) mass is 280 g/mol. The molecule has 0 saturated heterocycles. The van der Waals surface area contributed by atoms with Gasteiger partial charge in [-0.25, -0.2) is 0 Å². The predicted octanol–water partition coefficient (Wildman–Crippen LogP) is 2.30. The molecule has 21 heavy (non-hydrogen) atoms. The minimum atomic E-state index is -1.12. The van der Waals surface area contributed by atoms with Crippen LogP contribution >= 0.6 is 0 Å². The first kappa shape index (κ1) is 12.8. The van der Waals surface area contributed by atoms with Crippen LogP contribution in [0.1, 0.15) is 17.2 Å². The molecule has 0 fully saturated rings. The van der Waals surface area contributed by atoms with Crippen molar-refractivity contribution in [3.8, 4) is 0 Å². The van der Waals surface area contributed by atoms with Crippen LogP contribution in [-0.2, 0) is 6.42 Å². The zero-order chi connectivity index (χ0) is 14.6. The summed E-state index contributed by atoms with van der Waals surface area (Å²) in [6.07, 6.45) is -2.71. The van der Waals surface area contributed by atoms with E-state index < -0.39 is 18.3 Å². The second-order valence-electron chi connectivity index (χ2n) is 5.72. The zero-order valence-electron chi connectivity index (χ0n) is 11.4. The Morgan fingerprint density at radius 1 is 0.762 bits per heavy atom. The molecular formula is C18H16O3. The van der Waals surface area contributed by atoms with Crippen molar-refractivity contribution in [2.75, 3.05) is 0 Å². The molecule has 0 heterocycles. The Labute approximate surface area is 122 Å². The van der Waals surface area contributed by atoms with E-state index in [-0.39, 0.29) is 0 Å². The van der Waals surface area contributed by atoms with Gasteiger partial charge in [-0.15, -0.1) is 0 Å². The van der Waals surface area contributed by atoms with Gasteiger partial charge in [-0.2, -0.15) is 0 Å². The second kappa shape index (κ2) is 4.53. The molecule has 0 unspecified atom stereocenters. The Kier molecular flexibility index (Phi) is 2.76. The lowest BCUT2D eigenvalue weighted by atomic mass is 9.82. The van der Waals surface area contributed by atoms with Crippen molar-refractivity contribution in [1.29, 1.82) is 0 Å². The SMILES string of the molecule is O[C@H]1[C@@H](O)Cc2c(ccc3c2ccc2ccccc23)[C@@H]1O. The fraction of sp³-hybridized carbons (Fsp3) is 0.222. The normalized spacial score (nSPS) is 25.2. The molecule has 0 aliphatic heterocycles. The van der Waals surface area contributed by atoms with Crippen LogP contribution in [0.3, 0.4) is 0 Å². The molecule has 0 spiro atoms. The number of fused-ring (bicyclic) bond motifs is 5. The minimum Gasteiger partial charge on any atom is -0.390 e. The summed E-state index contributed by atoms with van der Waals surface area (Å²) in [5.41, 5.74) is 1.65. The van der Waals surface area contributed by atoms with E-state index in [2.05, 4.69) is 18.2 Å². The summed E-state index contributed by atoms with van der Waals surface area (Å²) in [5.74, 6) is 0. The highest BCUT2D eigenvalue weighted by molar-refractivity contribution is 6.08. The Bertz CT molecular complexity index is 840. The second-order valence-corrected chi connectivity index (χ2v) is 5.72. The highest BCUT2D eigenvalue weighted by atomic mass is 16.4. The van der Waals surface area contributed by atoms with Crippen LogP contribution in [0.5, 0.6) is 0 Å². The van der Waals surface area contributed by atoms with Gasteiger partial charge in [0.15, 0.2) is 0 Å². The highest BCUT2D eigenvalue weighted by Crippen LogP contribution is 2.37. The lowest BCUT2D eigenvalue weighted by Crippen LogP contribution is -2.38. The van der Waals surface area contributed by atoms with Crippen LogP contribution in [0.2, 0.25) is 0 Å². The van der Waals surface area contributed by atoms with Crippen LogP contribution in [-0.4, -0.2) is 27.5 Å². The first-order valence-electron chi connectivity index (χ1n) is 7.14. The fourth-order valence-electron chi connectivity index (χ4n) is 3.40. The van der Waals surface area contributed by atoms with Crippen molar-refractivity contribution in [2.24, 2.45) is 0 Å². The van der Waals surface area contributed by atoms with Crippen molar-refractivity contribution < 1.29 is 15.3 Å². The van der Waals surface area contributed by atoms with E-state index in [4.69, 9.17) is 0 Å². The Balaban J connectivity index is 2.06. The molecule has 0 amide bonds. The van der Waals surface area contributed by atoms with Crippen LogP contribution in [0.15, 0.2) is 48.5 Å². The van der Waals surface area contributed by atoms with Gasteiger partial charge in [0.1, 0.15) is 12.2 Å². The van der Waals surface area contributed by atoms with Gasteiger partial charge in [0.25, 0.3) is 0 Å². The molecule has 0 aromatic heterocycles. The topological polar surface area (TPSA) is 60.7 Å². The van der Waals surface area contributed by atoms with E-state index >= 15 is 0 Å². The van der Waals surface area contributed by atoms with Crippen LogP contribution in [0, 0.1) is 0 Å². The number of aliphatic hydroxyl groups excluding tert-OH is 3. The molecule has 1 aliphatic rings. The summed E-state index contributed by atoms with van der Waals surface area (Å²) in [6, 6.07) is 16.1. The lowest BCUT2D eigenvalue weighted by molar-refractivity contribution is -0.0682. The molecule has 3 aromatic carbocycles. The number of benzene rings is 3. The largest absolute Gasteiger partial charge is 0.390 e. The van der Waals surface area contributed by atoms with Crippen molar-refractivity contribution in [3.63, 3.8) is 0 Å². The molecule has 3 nitrogen and oxygen atoms in total. The van der Waals surface area contributed by atoms with E-state index in [9.17, 15) is 15.3 Å². The molecule has 0 radical (unpaired) electrons. The average Bonchev–Trinajstić information content (AvgIpc) is 2.52. The van der Waals surface area contributed by atoms with Crippen molar-refractivity contribution in [1.82, 2.24) is 0 Å². The van der Waals surface area contributed by atoms with Crippen LogP contribution in [0.4, 0.5) is 0 Å². The molecule has 1 aliphatic carbocycles. The third kappa shape index (κ3) is 1.79. The fourth-order valence-corrected chi connectivity index (χ4v) is 3.40. The van der Waals surface area contributed by atoms with Gasteiger partial charge >= 0.3 is 0 Å². The summed E-state index contributed by atoms with van der Waals surface area (Å²) in [6.45, 7) is 0. The Hall–Kier alpha value is -1.94. The summed E-state index contributed by atoms with van der Waals surface area (Å²) in [5, 5.41) is 34.4. The van der Waals surface area contributed by atoms with Gasteiger partial charge in [-0.1, -0.05) is 48.5 Å². The van der Waals surface area contributed by atoms with E-state index in [1.54, 1.807) is 0 Å². The van der Waals surface area contributed by atoms with Gasteiger partial charge < -0.3 is 15.3 Å². The molecule has 3 atom stereocenters. The molecule has 106 valence electrons. The minimum absolute atomic E-state index is 0.364.